The molecule has 3 aromatic rings. The summed E-state index contributed by atoms with van der Waals surface area (Å²) in [4.78, 5) is 12.2. The lowest BCUT2D eigenvalue weighted by Crippen LogP contribution is -2.18. The van der Waals surface area contributed by atoms with E-state index in [1.165, 1.54) is 6.21 Å². The summed E-state index contributed by atoms with van der Waals surface area (Å²) >= 11 is 3.39. The van der Waals surface area contributed by atoms with Crippen molar-refractivity contribution < 1.29 is 14.3 Å². The number of H-pyrrole nitrogens is 1. The summed E-state index contributed by atoms with van der Waals surface area (Å²) in [6.07, 6.45) is 1.52. The molecule has 1 aromatic heterocycles. The van der Waals surface area contributed by atoms with E-state index in [1.807, 2.05) is 42.5 Å². The zero-order valence-electron chi connectivity index (χ0n) is 14.7. The first-order valence-electron chi connectivity index (χ1n) is 7.97. The van der Waals surface area contributed by atoms with Crippen molar-refractivity contribution in [2.24, 2.45) is 5.10 Å². The van der Waals surface area contributed by atoms with Crippen molar-refractivity contribution in [3.63, 3.8) is 0 Å². The summed E-state index contributed by atoms with van der Waals surface area (Å²) in [5.74, 6) is 1.01. The molecule has 1 heterocycles. The highest BCUT2D eigenvalue weighted by molar-refractivity contribution is 9.10. The van der Waals surface area contributed by atoms with Gasteiger partial charge in [0.25, 0.3) is 5.91 Å². The topological polar surface area (TPSA) is 88.6 Å². The molecular weight excluding hydrogens is 412 g/mol. The number of hydrazone groups is 1. The molecule has 0 atom stereocenters. The van der Waals surface area contributed by atoms with Crippen LogP contribution < -0.4 is 14.9 Å². The van der Waals surface area contributed by atoms with E-state index < -0.39 is 5.91 Å². The van der Waals surface area contributed by atoms with Crippen LogP contribution in [0.15, 0.2) is 58.1 Å². The lowest BCUT2D eigenvalue weighted by Gasteiger charge is -2.04. The second-order valence-electron chi connectivity index (χ2n) is 5.48. The number of carbonyl (C=O) groups is 1. The van der Waals surface area contributed by atoms with E-state index in [2.05, 4.69) is 36.7 Å². The lowest BCUT2D eigenvalue weighted by molar-refractivity contribution is 0.0950. The third-order valence-corrected chi connectivity index (χ3v) is 4.26. The SMILES string of the molecule is COc1ccc(-c2cc(C(=O)NN=Cc3cc(Br)ccc3OC)[nH]n2)cc1. The Morgan fingerprint density at radius 1 is 1.15 bits per heavy atom. The van der Waals surface area contributed by atoms with Gasteiger partial charge in [0.2, 0.25) is 0 Å². The van der Waals surface area contributed by atoms with Crippen LogP contribution in [0.2, 0.25) is 0 Å². The van der Waals surface area contributed by atoms with Gasteiger partial charge < -0.3 is 9.47 Å². The molecule has 8 heteroatoms. The molecular formula is C19H17BrN4O3. The zero-order valence-corrected chi connectivity index (χ0v) is 16.3. The van der Waals surface area contributed by atoms with Crippen molar-refractivity contribution in [2.75, 3.05) is 14.2 Å². The fourth-order valence-corrected chi connectivity index (χ4v) is 2.75. The van der Waals surface area contributed by atoms with Crippen molar-refractivity contribution in [2.45, 2.75) is 0 Å². The van der Waals surface area contributed by atoms with Crippen LogP contribution in [0.3, 0.4) is 0 Å². The molecule has 1 amide bonds. The van der Waals surface area contributed by atoms with Crippen LogP contribution in [-0.4, -0.2) is 36.5 Å². The predicted molar refractivity (Wildman–Crippen MR) is 106 cm³/mol. The first kappa shape index (κ1) is 18.7. The number of benzene rings is 2. The van der Waals surface area contributed by atoms with Gasteiger partial charge >= 0.3 is 0 Å². The van der Waals surface area contributed by atoms with E-state index in [0.717, 1.165) is 21.3 Å². The van der Waals surface area contributed by atoms with Gasteiger partial charge in [0.15, 0.2) is 0 Å². The molecule has 138 valence electrons. The van der Waals surface area contributed by atoms with Gasteiger partial charge in [-0.05, 0) is 48.5 Å². The zero-order chi connectivity index (χ0) is 19.2. The second-order valence-corrected chi connectivity index (χ2v) is 6.40. The average molecular weight is 429 g/mol. The number of halogens is 1. The summed E-state index contributed by atoms with van der Waals surface area (Å²) in [6, 6.07) is 14.6. The minimum atomic E-state index is -0.396. The lowest BCUT2D eigenvalue weighted by atomic mass is 10.1. The van der Waals surface area contributed by atoms with Gasteiger partial charge in [0, 0.05) is 15.6 Å². The number of aromatic amines is 1. The molecule has 0 fully saturated rings. The van der Waals surface area contributed by atoms with Crippen LogP contribution in [0.25, 0.3) is 11.3 Å². The van der Waals surface area contributed by atoms with Gasteiger partial charge in [-0.3, -0.25) is 9.89 Å². The normalized spacial score (nSPS) is 10.8. The maximum atomic E-state index is 12.2. The smallest absolute Gasteiger partial charge is 0.289 e. The van der Waals surface area contributed by atoms with E-state index in [-0.39, 0.29) is 0 Å². The molecule has 0 saturated carbocycles. The quantitative estimate of drug-likeness (QED) is 0.463. The number of aromatic nitrogens is 2. The fraction of sp³-hybridized carbons (Fsp3) is 0.105. The van der Waals surface area contributed by atoms with Crippen LogP contribution in [0, 0.1) is 0 Å². The maximum absolute atomic E-state index is 12.2. The van der Waals surface area contributed by atoms with Gasteiger partial charge in [-0.15, -0.1) is 0 Å². The average Bonchev–Trinajstić information content (AvgIpc) is 3.18. The Labute approximate surface area is 164 Å². The Kier molecular flexibility index (Phi) is 5.87. The minimum absolute atomic E-state index is 0.305. The van der Waals surface area contributed by atoms with Crippen molar-refractivity contribution in [3.05, 3.63) is 64.3 Å². The molecule has 3 rings (SSSR count). The van der Waals surface area contributed by atoms with Crippen LogP contribution in [0.5, 0.6) is 11.5 Å². The number of carbonyl (C=O) groups excluding carboxylic acids is 1. The standard InChI is InChI=1S/C19H17BrN4O3/c1-26-15-6-3-12(4-7-15)16-10-17(23-22-16)19(25)24-21-11-13-9-14(20)5-8-18(13)27-2/h3-11H,1-2H3,(H,22,23)(H,24,25). The number of rotatable bonds is 6. The summed E-state index contributed by atoms with van der Waals surface area (Å²) in [7, 11) is 3.18. The Balaban J connectivity index is 1.68. The molecule has 0 unspecified atom stereocenters. The Morgan fingerprint density at radius 3 is 2.63 bits per heavy atom. The number of nitrogens with zero attached hydrogens (tertiary/aromatic N) is 2. The van der Waals surface area contributed by atoms with Gasteiger partial charge in [0.05, 0.1) is 26.1 Å². The number of hydrogen-bond donors (Lipinski definition) is 2. The summed E-state index contributed by atoms with van der Waals surface area (Å²) in [5, 5.41) is 10.9. The van der Waals surface area contributed by atoms with E-state index in [0.29, 0.717) is 17.1 Å². The first-order valence-corrected chi connectivity index (χ1v) is 8.77. The van der Waals surface area contributed by atoms with E-state index in [9.17, 15) is 4.79 Å². The highest BCUT2D eigenvalue weighted by Crippen LogP contribution is 2.22. The van der Waals surface area contributed by atoms with E-state index >= 15 is 0 Å². The van der Waals surface area contributed by atoms with Crippen molar-refractivity contribution in [1.82, 2.24) is 15.6 Å². The van der Waals surface area contributed by atoms with Crippen molar-refractivity contribution in [1.29, 1.82) is 0 Å². The Morgan fingerprint density at radius 2 is 1.93 bits per heavy atom. The summed E-state index contributed by atoms with van der Waals surface area (Å²) in [6.45, 7) is 0. The van der Waals surface area contributed by atoms with Crippen LogP contribution in [-0.2, 0) is 0 Å². The predicted octanol–water partition coefficient (Wildman–Crippen LogP) is 3.62. The monoisotopic (exact) mass is 428 g/mol. The largest absolute Gasteiger partial charge is 0.497 e. The number of methoxy groups -OCH3 is 2. The molecule has 0 aliphatic carbocycles. The molecule has 2 N–H and O–H groups in total. The van der Waals surface area contributed by atoms with Crippen molar-refractivity contribution in [3.8, 4) is 22.8 Å². The second kappa shape index (κ2) is 8.50. The highest BCUT2D eigenvalue weighted by atomic mass is 79.9. The fourth-order valence-electron chi connectivity index (χ4n) is 2.37. The molecule has 0 bridgehead atoms. The Hall–Kier alpha value is -3.13. The van der Waals surface area contributed by atoms with Gasteiger partial charge in [-0.2, -0.15) is 10.2 Å². The molecule has 27 heavy (non-hydrogen) atoms. The summed E-state index contributed by atoms with van der Waals surface area (Å²) < 4.78 is 11.3. The van der Waals surface area contributed by atoms with Crippen molar-refractivity contribution >= 4 is 28.1 Å². The number of nitrogens with one attached hydrogen (secondary N) is 2. The van der Waals surface area contributed by atoms with Crippen LogP contribution in [0.1, 0.15) is 16.1 Å². The van der Waals surface area contributed by atoms with Gasteiger partial charge in [0.1, 0.15) is 17.2 Å². The molecule has 0 spiro atoms. The molecule has 0 radical (unpaired) electrons. The number of ether oxygens (including phenoxy) is 2. The molecule has 2 aromatic carbocycles. The molecule has 0 aliphatic heterocycles. The third-order valence-electron chi connectivity index (χ3n) is 3.77. The minimum Gasteiger partial charge on any atom is -0.497 e. The number of amides is 1. The van der Waals surface area contributed by atoms with E-state index in [4.69, 9.17) is 9.47 Å². The van der Waals surface area contributed by atoms with Gasteiger partial charge in [-0.1, -0.05) is 15.9 Å². The van der Waals surface area contributed by atoms with E-state index in [1.54, 1.807) is 20.3 Å². The highest BCUT2D eigenvalue weighted by Gasteiger charge is 2.10. The van der Waals surface area contributed by atoms with Crippen LogP contribution in [0.4, 0.5) is 0 Å². The molecule has 0 aliphatic rings. The summed E-state index contributed by atoms with van der Waals surface area (Å²) in [5.41, 5.74) is 5.03. The Bertz CT molecular complexity index is 967. The maximum Gasteiger partial charge on any atom is 0.289 e. The first-order chi connectivity index (χ1) is 13.1. The number of hydrogen-bond acceptors (Lipinski definition) is 5. The van der Waals surface area contributed by atoms with Gasteiger partial charge in [-0.25, -0.2) is 5.43 Å². The molecule has 0 saturated heterocycles. The molecule has 7 nitrogen and oxygen atoms in total. The third kappa shape index (κ3) is 4.53. The van der Waals surface area contributed by atoms with Crippen LogP contribution >= 0.6 is 15.9 Å².